The summed E-state index contributed by atoms with van der Waals surface area (Å²) in [5.74, 6) is 0.258. The molecule has 2 aromatic rings. The topological polar surface area (TPSA) is 61.4 Å². The first-order valence-corrected chi connectivity index (χ1v) is 7.99. The molecular weight excluding hydrogens is 288 g/mol. The number of fused-ring (bicyclic) bond motifs is 1. The molecule has 120 valence electrons. The zero-order valence-corrected chi connectivity index (χ0v) is 13.3. The fraction of sp³-hybridized carbons (Fsp3) is 0.316. The number of hydrogen-bond acceptors (Lipinski definition) is 3. The fourth-order valence-corrected chi connectivity index (χ4v) is 3.08. The standard InChI is InChI=1S/C19H22N2O2/c1-13(15-6-4-5-14(9-15)12-22)20-11-16-10-19(23)21-18-8-3-2-7-17(16)18/h2-9,13,16,20,22H,10-12H2,1H3,(H,21,23). The number of para-hydroxylation sites is 1. The average molecular weight is 310 g/mol. The highest BCUT2D eigenvalue weighted by Gasteiger charge is 2.24. The van der Waals surface area contributed by atoms with Crippen LogP contribution < -0.4 is 10.6 Å². The molecule has 1 amide bonds. The van der Waals surface area contributed by atoms with Crippen molar-refractivity contribution in [2.75, 3.05) is 11.9 Å². The molecule has 3 rings (SSSR count). The second-order valence-electron chi connectivity index (χ2n) is 6.07. The van der Waals surface area contributed by atoms with Crippen molar-refractivity contribution in [1.82, 2.24) is 5.32 Å². The summed E-state index contributed by atoms with van der Waals surface area (Å²) in [4.78, 5) is 11.9. The minimum atomic E-state index is 0.0523. The van der Waals surface area contributed by atoms with Gasteiger partial charge in [-0.2, -0.15) is 0 Å². The van der Waals surface area contributed by atoms with E-state index in [0.717, 1.165) is 23.4 Å². The molecule has 0 saturated heterocycles. The van der Waals surface area contributed by atoms with E-state index in [-0.39, 0.29) is 24.5 Å². The summed E-state index contributed by atoms with van der Waals surface area (Å²) in [5, 5.41) is 15.7. The van der Waals surface area contributed by atoms with Crippen molar-refractivity contribution in [3.63, 3.8) is 0 Å². The molecule has 2 atom stereocenters. The van der Waals surface area contributed by atoms with Gasteiger partial charge in [0.15, 0.2) is 0 Å². The van der Waals surface area contributed by atoms with Crippen LogP contribution in [0.4, 0.5) is 5.69 Å². The lowest BCUT2D eigenvalue weighted by molar-refractivity contribution is -0.116. The highest BCUT2D eigenvalue weighted by atomic mass is 16.3. The maximum atomic E-state index is 11.9. The Kier molecular flexibility index (Phi) is 4.74. The van der Waals surface area contributed by atoms with Gasteiger partial charge in [0.25, 0.3) is 0 Å². The molecule has 0 fully saturated rings. The van der Waals surface area contributed by atoms with E-state index >= 15 is 0 Å². The molecule has 0 bridgehead atoms. The van der Waals surface area contributed by atoms with E-state index in [2.05, 4.69) is 29.7 Å². The van der Waals surface area contributed by atoms with Crippen LogP contribution in [0.25, 0.3) is 0 Å². The summed E-state index contributed by atoms with van der Waals surface area (Å²) in [6.07, 6.45) is 0.507. The quantitative estimate of drug-likeness (QED) is 0.795. The average Bonchev–Trinajstić information content (AvgIpc) is 2.59. The monoisotopic (exact) mass is 310 g/mol. The molecule has 2 aromatic carbocycles. The maximum Gasteiger partial charge on any atom is 0.225 e. The minimum Gasteiger partial charge on any atom is -0.392 e. The van der Waals surface area contributed by atoms with Gasteiger partial charge in [-0.3, -0.25) is 4.79 Å². The molecule has 1 heterocycles. The van der Waals surface area contributed by atoms with Crippen LogP contribution in [0.15, 0.2) is 48.5 Å². The first-order valence-electron chi connectivity index (χ1n) is 7.99. The SMILES string of the molecule is CC(NCC1CC(=O)Nc2ccccc21)c1cccc(CO)c1. The Morgan fingerprint density at radius 2 is 2.09 bits per heavy atom. The molecular formula is C19H22N2O2. The summed E-state index contributed by atoms with van der Waals surface area (Å²) in [7, 11) is 0. The van der Waals surface area contributed by atoms with E-state index in [0.29, 0.717) is 6.42 Å². The van der Waals surface area contributed by atoms with Gasteiger partial charge >= 0.3 is 0 Å². The first-order chi connectivity index (χ1) is 11.2. The smallest absolute Gasteiger partial charge is 0.225 e. The Morgan fingerprint density at radius 1 is 1.26 bits per heavy atom. The maximum absolute atomic E-state index is 11.9. The number of aliphatic hydroxyl groups excluding tert-OH is 1. The van der Waals surface area contributed by atoms with Gasteiger partial charge in [0, 0.05) is 30.6 Å². The van der Waals surface area contributed by atoms with Gasteiger partial charge in [-0.25, -0.2) is 0 Å². The number of rotatable bonds is 5. The summed E-state index contributed by atoms with van der Waals surface area (Å²) in [5.41, 5.74) is 4.17. The molecule has 1 aliphatic rings. The summed E-state index contributed by atoms with van der Waals surface area (Å²) >= 11 is 0. The zero-order valence-electron chi connectivity index (χ0n) is 13.3. The van der Waals surface area contributed by atoms with Crippen LogP contribution in [-0.4, -0.2) is 17.6 Å². The van der Waals surface area contributed by atoms with Gasteiger partial charge in [-0.1, -0.05) is 42.5 Å². The Bertz CT molecular complexity index is 699. The lowest BCUT2D eigenvalue weighted by atomic mass is 9.90. The Hall–Kier alpha value is -2.17. The molecule has 4 nitrogen and oxygen atoms in total. The number of amides is 1. The van der Waals surface area contributed by atoms with Crippen molar-refractivity contribution < 1.29 is 9.90 Å². The number of benzene rings is 2. The first kappa shape index (κ1) is 15.7. The van der Waals surface area contributed by atoms with Crippen LogP contribution in [0.1, 0.15) is 42.0 Å². The molecule has 0 spiro atoms. The van der Waals surface area contributed by atoms with E-state index in [1.165, 1.54) is 5.56 Å². The molecule has 4 heteroatoms. The third-order valence-corrected chi connectivity index (χ3v) is 4.41. The van der Waals surface area contributed by atoms with Crippen LogP contribution in [0.5, 0.6) is 0 Å². The summed E-state index contributed by atoms with van der Waals surface area (Å²) < 4.78 is 0. The van der Waals surface area contributed by atoms with Crippen molar-refractivity contribution in [3.05, 3.63) is 65.2 Å². The normalized spacial score (nSPS) is 18.2. The number of anilines is 1. The molecule has 3 N–H and O–H groups in total. The Morgan fingerprint density at radius 3 is 2.91 bits per heavy atom. The van der Waals surface area contributed by atoms with Gasteiger partial charge < -0.3 is 15.7 Å². The van der Waals surface area contributed by atoms with E-state index in [4.69, 9.17) is 0 Å². The van der Waals surface area contributed by atoms with Gasteiger partial charge in [0.05, 0.1) is 6.61 Å². The minimum absolute atomic E-state index is 0.0523. The third-order valence-electron chi connectivity index (χ3n) is 4.41. The van der Waals surface area contributed by atoms with Crippen molar-refractivity contribution in [2.24, 2.45) is 0 Å². The number of aliphatic hydroxyl groups is 1. The summed E-state index contributed by atoms with van der Waals surface area (Å²) in [6.45, 7) is 2.90. The molecule has 2 unspecified atom stereocenters. The lowest BCUT2D eigenvalue weighted by Crippen LogP contribution is -2.31. The molecule has 0 radical (unpaired) electrons. The number of hydrogen-bond donors (Lipinski definition) is 3. The predicted octanol–water partition coefficient (Wildman–Crippen LogP) is 2.96. The molecule has 0 aromatic heterocycles. The van der Waals surface area contributed by atoms with E-state index in [1.807, 2.05) is 36.4 Å². The van der Waals surface area contributed by atoms with E-state index < -0.39 is 0 Å². The third kappa shape index (κ3) is 3.60. The van der Waals surface area contributed by atoms with Gasteiger partial charge in [-0.05, 0) is 29.7 Å². The van der Waals surface area contributed by atoms with Crippen molar-refractivity contribution in [2.45, 2.75) is 31.9 Å². The molecule has 0 saturated carbocycles. The van der Waals surface area contributed by atoms with Crippen molar-refractivity contribution >= 4 is 11.6 Å². The molecule has 1 aliphatic heterocycles. The van der Waals surface area contributed by atoms with Gasteiger partial charge in [0.1, 0.15) is 0 Å². The highest BCUT2D eigenvalue weighted by Crippen LogP contribution is 2.31. The second kappa shape index (κ2) is 6.94. The van der Waals surface area contributed by atoms with E-state index in [1.54, 1.807) is 0 Å². The van der Waals surface area contributed by atoms with Crippen LogP contribution in [-0.2, 0) is 11.4 Å². The fourth-order valence-electron chi connectivity index (χ4n) is 3.08. The highest BCUT2D eigenvalue weighted by molar-refractivity contribution is 5.94. The van der Waals surface area contributed by atoms with Crippen LogP contribution in [0.2, 0.25) is 0 Å². The Labute approximate surface area is 136 Å². The predicted molar refractivity (Wildman–Crippen MR) is 91.2 cm³/mol. The summed E-state index contributed by atoms with van der Waals surface area (Å²) in [6, 6.07) is 16.1. The van der Waals surface area contributed by atoms with Crippen molar-refractivity contribution in [1.29, 1.82) is 0 Å². The number of nitrogens with one attached hydrogen (secondary N) is 2. The van der Waals surface area contributed by atoms with Crippen LogP contribution in [0, 0.1) is 0 Å². The van der Waals surface area contributed by atoms with Crippen LogP contribution >= 0.6 is 0 Å². The van der Waals surface area contributed by atoms with Crippen molar-refractivity contribution in [3.8, 4) is 0 Å². The zero-order chi connectivity index (χ0) is 16.2. The number of carbonyl (C=O) groups is 1. The number of carbonyl (C=O) groups excluding carboxylic acids is 1. The molecule has 23 heavy (non-hydrogen) atoms. The van der Waals surface area contributed by atoms with Gasteiger partial charge in [-0.15, -0.1) is 0 Å². The van der Waals surface area contributed by atoms with Gasteiger partial charge in [0.2, 0.25) is 5.91 Å². The van der Waals surface area contributed by atoms with E-state index in [9.17, 15) is 9.90 Å². The lowest BCUT2D eigenvalue weighted by Gasteiger charge is -2.27. The Balaban J connectivity index is 1.69. The van der Waals surface area contributed by atoms with Crippen LogP contribution in [0.3, 0.4) is 0 Å². The molecule has 0 aliphatic carbocycles. The second-order valence-corrected chi connectivity index (χ2v) is 6.07. The largest absolute Gasteiger partial charge is 0.392 e.